The molecule has 4 nitrogen and oxygen atoms in total. The first-order valence-electron chi connectivity index (χ1n) is 5.81. The molecule has 1 atom stereocenters. The van der Waals surface area contributed by atoms with Gasteiger partial charge in [-0.1, -0.05) is 30.3 Å². The summed E-state index contributed by atoms with van der Waals surface area (Å²) in [5.41, 5.74) is 7.80. The lowest BCUT2D eigenvalue weighted by Gasteiger charge is -2.12. The Morgan fingerprint density at radius 3 is 2.67 bits per heavy atom. The van der Waals surface area contributed by atoms with Crippen molar-refractivity contribution in [1.82, 2.24) is 5.32 Å². The zero-order valence-electron chi connectivity index (χ0n) is 10.2. The zero-order chi connectivity index (χ0) is 13.0. The van der Waals surface area contributed by atoms with E-state index in [2.05, 4.69) is 5.32 Å². The number of amides is 1. The van der Waals surface area contributed by atoms with Crippen molar-refractivity contribution in [2.45, 2.75) is 13.0 Å². The van der Waals surface area contributed by atoms with Crippen LogP contribution < -0.4 is 11.1 Å². The van der Waals surface area contributed by atoms with Gasteiger partial charge in [0.05, 0.1) is 6.26 Å². The molecule has 0 aliphatic rings. The Kier molecular flexibility index (Phi) is 3.79. The van der Waals surface area contributed by atoms with E-state index in [1.54, 1.807) is 6.07 Å². The van der Waals surface area contributed by atoms with E-state index in [0.717, 1.165) is 11.1 Å². The lowest BCUT2D eigenvalue weighted by Crippen LogP contribution is -2.31. The number of aryl methyl sites for hydroxylation is 1. The first kappa shape index (κ1) is 12.4. The van der Waals surface area contributed by atoms with Crippen LogP contribution in [0.2, 0.25) is 0 Å². The Bertz CT molecular complexity index is 520. The van der Waals surface area contributed by atoms with Crippen molar-refractivity contribution in [3.05, 3.63) is 59.5 Å². The van der Waals surface area contributed by atoms with Gasteiger partial charge in [-0.25, -0.2) is 0 Å². The third-order valence-corrected chi connectivity index (χ3v) is 2.78. The summed E-state index contributed by atoms with van der Waals surface area (Å²) in [6.07, 6.45) is 1.50. The van der Waals surface area contributed by atoms with Gasteiger partial charge in [-0.15, -0.1) is 0 Å². The van der Waals surface area contributed by atoms with E-state index >= 15 is 0 Å². The maximum atomic E-state index is 11.8. The number of furan rings is 1. The van der Waals surface area contributed by atoms with Crippen LogP contribution >= 0.6 is 0 Å². The van der Waals surface area contributed by atoms with Crippen LogP contribution in [-0.4, -0.2) is 12.5 Å². The number of carbonyl (C=O) groups excluding carboxylic acids is 1. The average molecular weight is 244 g/mol. The molecule has 3 N–H and O–H groups in total. The highest BCUT2D eigenvalue weighted by Crippen LogP contribution is 2.10. The molecule has 0 saturated carbocycles. The molecule has 4 heteroatoms. The van der Waals surface area contributed by atoms with E-state index in [1.807, 2.05) is 37.3 Å². The smallest absolute Gasteiger partial charge is 0.287 e. The minimum absolute atomic E-state index is 0.217. The van der Waals surface area contributed by atoms with Gasteiger partial charge in [0.2, 0.25) is 0 Å². The molecule has 1 unspecified atom stereocenters. The van der Waals surface area contributed by atoms with Crippen molar-refractivity contribution < 1.29 is 9.21 Å². The molecule has 1 aromatic heterocycles. The zero-order valence-corrected chi connectivity index (χ0v) is 10.2. The largest absolute Gasteiger partial charge is 0.459 e. The van der Waals surface area contributed by atoms with Gasteiger partial charge < -0.3 is 15.5 Å². The Morgan fingerprint density at radius 1 is 1.33 bits per heavy atom. The number of hydrogen-bond acceptors (Lipinski definition) is 3. The van der Waals surface area contributed by atoms with Gasteiger partial charge in [-0.05, 0) is 18.6 Å². The Hall–Kier alpha value is -2.07. The van der Waals surface area contributed by atoms with Crippen LogP contribution in [-0.2, 0) is 0 Å². The Balaban J connectivity index is 1.93. The van der Waals surface area contributed by atoms with Crippen molar-refractivity contribution >= 4 is 5.91 Å². The third kappa shape index (κ3) is 2.78. The molecular formula is C14H16N2O2. The summed E-state index contributed by atoms with van der Waals surface area (Å²) >= 11 is 0. The van der Waals surface area contributed by atoms with Crippen molar-refractivity contribution in [1.29, 1.82) is 0 Å². The highest BCUT2D eigenvalue weighted by atomic mass is 16.3. The fourth-order valence-corrected chi connectivity index (χ4v) is 1.71. The lowest BCUT2D eigenvalue weighted by atomic mass is 10.1. The summed E-state index contributed by atoms with van der Waals surface area (Å²) in [7, 11) is 0. The third-order valence-electron chi connectivity index (χ3n) is 2.78. The molecule has 0 aliphatic heterocycles. The molecule has 1 heterocycles. The Labute approximate surface area is 106 Å². The van der Waals surface area contributed by atoms with Crippen molar-refractivity contribution in [2.24, 2.45) is 5.73 Å². The minimum Gasteiger partial charge on any atom is -0.459 e. The number of hydrogen-bond donors (Lipinski definition) is 2. The van der Waals surface area contributed by atoms with Crippen LogP contribution in [0.4, 0.5) is 0 Å². The summed E-state index contributed by atoms with van der Waals surface area (Å²) in [6.45, 7) is 2.21. The van der Waals surface area contributed by atoms with Crippen LogP contribution in [0.1, 0.15) is 27.7 Å². The topological polar surface area (TPSA) is 68.3 Å². The first-order valence-corrected chi connectivity index (χ1v) is 5.81. The second-order valence-corrected chi connectivity index (χ2v) is 4.16. The molecule has 1 aromatic carbocycles. The van der Waals surface area contributed by atoms with Gasteiger partial charge in [0.1, 0.15) is 0 Å². The van der Waals surface area contributed by atoms with E-state index in [1.165, 1.54) is 6.26 Å². The predicted molar refractivity (Wildman–Crippen MR) is 69.1 cm³/mol. The van der Waals surface area contributed by atoms with E-state index in [4.69, 9.17) is 10.2 Å². The fraction of sp³-hybridized carbons (Fsp3) is 0.214. The van der Waals surface area contributed by atoms with E-state index < -0.39 is 0 Å². The van der Waals surface area contributed by atoms with Gasteiger partial charge in [-0.2, -0.15) is 0 Å². The number of nitrogens with one attached hydrogen (secondary N) is 1. The van der Waals surface area contributed by atoms with Gasteiger partial charge in [0.25, 0.3) is 5.91 Å². The quantitative estimate of drug-likeness (QED) is 0.864. The molecule has 18 heavy (non-hydrogen) atoms. The van der Waals surface area contributed by atoms with E-state index in [9.17, 15) is 4.79 Å². The number of benzene rings is 1. The molecule has 2 rings (SSSR count). The number of carbonyl (C=O) groups is 1. The summed E-state index contributed by atoms with van der Waals surface area (Å²) in [5.74, 6) is 0.110. The standard InChI is InChI=1S/C14H16N2O2/c1-10-7-8-18-13(10)14(17)16-9-12(15)11-5-3-2-4-6-11/h2-8,12H,9,15H2,1H3,(H,16,17). The SMILES string of the molecule is Cc1ccoc1C(=O)NCC(N)c1ccccc1. The second kappa shape index (κ2) is 5.51. The van der Waals surface area contributed by atoms with Gasteiger partial charge >= 0.3 is 0 Å². The molecule has 0 spiro atoms. The highest BCUT2D eigenvalue weighted by molar-refractivity contribution is 5.92. The van der Waals surface area contributed by atoms with Crippen LogP contribution in [0.15, 0.2) is 47.1 Å². The van der Waals surface area contributed by atoms with Gasteiger partial charge in [0, 0.05) is 18.2 Å². The van der Waals surface area contributed by atoms with Gasteiger partial charge in [0.15, 0.2) is 5.76 Å². The van der Waals surface area contributed by atoms with Crippen LogP contribution in [0.25, 0.3) is 0 Å². The lowest BCUT2D eigenvalue weighted by molar-refractivity contribution is 0.0922. The highest BCUT2D eigenvalue weighted by Gasteiger charge is 2.13. The fourth-order valence-electron chi connectivity index (χ4n) is 1.71. The molecule has 0 fully saturated rings. The molecule has 94 valence electrons. The first-order chi connectivity index (χ1) is 8.68. The predicted octanol–water partition coefficient (Wildman–Crippen LogP) is 2.02. The molecule has 0 radical (unpaired) electrons. The second-order valence-electron chi connectivity index (χ2n) is 4.16. The van der Waals surface area contributed by atoms with Crippen molar-refractivity contribution in [2.75, 3.05) is 6.54 Å². The van der Waals surface area contributed by atoms with E-state index in [0.29, 0.717) is 12.3 Å². The maximum Gasteiger partial charge on any atom is 0.287 e. The molecular weight excluding hydrogens is 228 g/mol. The molecule has 0 aliphatic carbocycles. The maximum absolute atomic E-state index is 11.8. The molecule has 0 saturated heterocycles. The summed E-state index contributed by atoms with van der Waals surface area (Å²) in [5, 5.41) is 2.77. The summed E-state index contributed by atoms with van der Waals surface area (Å²) < 4.78 is 5.11. The van der Waals surface area contributed by atoms with E-state index in [-0.39, 0.29) is 11.9 Å². The number of rotatable bonds is 4. The Morgan fingerprint density at radius 2 is 2.06 bits per heavy atom. The van der Waals surface area contributed by atoms with Crippen molar-refractivity contribution in [3.63, 3.8) is 0 Å². The monoisotopic (exact) mass is 244 g/mol. The summed E-state index contributed by atoms with van der Waals surface area (Å²) in [6, 6.07) is 11.2. The molecule has 2 aromatic rings. The van der Waals surface area contributed by atoms with Crippen LogP contribution in [0.3, 0.4) is 0 Å². The van der Waals surface area contributed by atoms with Gasteiger partial charge in [-0.3, -0.25) is 4.79 Å². The minimum atomic E-state index is -0.233. The van der Waals surface area contributed by atoms with Crippen LogP contribution in [0.5, 0.6) is 0 Å². The van der Waals surface area contributed by atoms with Crippen molar-refractivity contribution in [3.8, 4) is 0 Å². The number of nitrogens with two attached hydrogens (primary N) is 1. The molecule has 0 bridgehead atoms. The summed E-state index contributed by atoms with van der Waals surface area (Å²) in [4.78, 5) is 11.8. The molecule has 1 amide bonds. The van der Waals surface area contributed by atoms with Crippen LogP contribution in [0, 0.1) is 6.92 Å². The average Bonchev–Trinajstić information content (AvgIpc) is 2.83. The normalized spacial score (nSPS) is 12.1.